The highest BCUT2D eigenvalue weighted by Gasteiger charge is 2.31. The van der Waals surface area contributed by atoms with E-state index in [1.54, 1.807) is 24.1 Å². The molecule has 1 aliphatic rings. The van der Waals surface area contributed by atoms with Gasteiger partial charge in [-0.05, 0) is 18.2 Å². The van der Waals surface area contributed by atoms with Gasteiger partial charge in [0.15, 0.2) is 0 Å². The summed E-state index contributed by atoms with van der Waals surface area (Å²) in [6, 6.07) is 13.5. The van der Waals surface area contributed by atoms with Gasteiger partial charge in [-0.2, -0.15) is 0 Å². The van der Waals surface area contributed by atoms with Gasteiger partial charge in [-0.25, -0.2) is 4.39 Å². The Balaban J connectivity index is 1.96. The van der Waals surface area contributed by atoms with E-state index in [-0.39, 0.29) is 17.5 Å². The Morgan fingerprint density at radius 2 is 1.96 bits per heavy atom. The molecule has 5 heteroatoms. The van der Waals surface area contributed by atoms with Crippen molar-refractivity contribution in [2.24, 2.45) is 0 Å². The second kappa shape index (κ2) is 6.79. The molecule has 0 aliphatic carbocycles. The molecule has 3 rings (SSSR count). The minimum Gasteiger partial charge on any atom is -0.496 e. The third-order valence-corrected chi connectivity index (χ3v) is 4.11. The third kappa shape index (κ3) is 3.05. The lowest BCUT2D eigenvalue weighted by molar-refractivity contribution is 0.0627. The first-order chi connectivity index (χ1) is 11.2. The van der Waals surface area contributed by atoms with Gasteiger partial charge in [-0.1, -0.05) is 30.3 Å². The highest BCUT2D eigenvalue weighted by molar-refractivity contribution is 5.95. The summed E-state index contributed by atoms with van der Waals surface area (Å²) in [6.45, 7) is 1.82. The molecule has 0 bridgehead atoms. The summed E-state index contributed by atoms with van der Waals surface area (Å²) < 4.78 is 19.4. The van der Waals surface area contributed by atoms with Crippen molar-refractivity contribution < 1.29 is 13.9 Å². The van der Waals surface area contributed by atoms with Crippen molar-refractivity contribution in [1.29, 1.82) is 0 Å². The summed E-state index contributed by atoms with van der Waals surface area (Å²) in [6.07, 6.45) is 0. The van der Waals surface area contributed by atoms with Crippen LogP contribution in [-0.2, 0) is 0 Å². The van der Waals surface area contributed by atoms with Crippen LogP contribution in [-0.4, -0.2) is 37.6 Å². The average Bonchev–Trinajstić information content (AvgIpc) is 2.61. The Morgan fingerprint density at radius 3 is 2.74 bits per heavy atom. The van der Waals surface area contributed by atoms with Gasteiger partial charge in [0.25, 0.3) is 5.91 Å². The van der Waals surface area contributed by atoms with Crippen LogP contribution in [0.2, 0.25) is 0 Å². The summed E-state index contributed by atoms with van der Waals surface area (Å²) >= 11 is 0. The van der Waals surface area contributed by atoms with E-state index in [9.17, 15) is 9.18 Å². The summed E-state index contributed by atoms with van der Waals surface area (Å²) in [5, 5.41) is 3.29. The van der Waals surface area contributed by atoms with E-state index in [0.29, 0.717) is 19.6 Å². The van der Waals surface area contributed by atoms with Crippen LogP contribution in [0.25, 0.3) is 0 Å². The van der Waals surface area contributed by atoms with Gasteiger partial charge in [0.05, 0.1) is 18.7 Å². The highest BCUT2D eigenvalue weighted by atomic mass is 19.1. The molecule has 1 fully saturated rings. The summed E-state index contributed by atoms with van der Waals surface area (Å²) in [5.41, 5.74) is 1.03. The molecule has 2 aromatic rings. The quantitative estimate of drug-likeness (QED) is 0.947. The minimum atomic E-state index is -0.491. The van der Waals surface area contributed by atoms with E-state index < -0.39 is 5.82 Å². The lowest BCUT2D eigenvalue weighted by atomic mass is 10.0. The van der Waals surface area contributed by atoms with Gasteiger partial charge in [-0.3, -0.25) is 4.79 Å². The van der Waals surface area contributed by atoms with Gasteiger partial charge in [-0.15, -0.1) is 0 Å². The van der Waals surface area contributed by atoms with E-state index >= 15 is 0 Å². The van der Waals surface area contributed by atoms with Crippen molar-refractivity contribution in [3.05, 3.63) is 65.5 Å². The van der Waals surface area contributed by atoms with Crippen molar-refractivity contribution in [2.45, 2.75) is 6.04 Å². The number of nitrogens with one attached hydrogen (secondary N) is 1. The lowest BCUT2D eigenvalue weighted by Gasteiger charge is -2.37. The summed E-state index contributed by atoms with van der Waals surface area (Å²) in [7, 11) is 1.61. The van der Waals surface area contributed by atoms with E-state index in [2.05, 4.69) is 5.32 Å². The molecular formula is C18H19FN2O2. The van der Waals surface area contributed by atoms with Crippen molar-refractivity contribution in [2.75, 3.05) is 26.7 Å². The fraction of sp³-hybridized carbons (Fsp3) is 0.278. The number of hydrogen-bond acceptors (Lipinski definition) is 3. The van der Waals surface area contributed by atoms with Gasteiger partial charge in [0, 0.05) is 25.2 Å². The smallest absolute Gasteiger partial charge is 0.257 e. The molecular weight excluding hydrogens is 295 g/mol. The Labute approximate surface area is 134 Å². The van der Waals surface area contributed by atoms with E-state index in [0.717, 1.165) is 11.3 Å². The molecule has 0 spiro atoms. The molecule has 4 nitrogen and oxygen atoms in total. The molecule has 120 valence electrons. The van der Waals surface area contributed by atoms with Crippen LogP contribution in [0.3, 0.4) is 0 Å². The number of benzene rings is 2. The lowest BCUT2D eigenvalue weighted by Crippen LogP contribution is -2.49. The maximum absolute atomic E-state index is 14.0. The monoisotopic (exact) mass is 314 g/mol. The van der Waals surface area contributed by atoms with Crippen molar-refractivity contribution >= 4 is 5.91 Å². The normalized spacial score (nSPS) is 17.8. The van der Waals surface area contributed by atoms with Crippen LogP contribution in [0.1, 0.15) is 22.0 Å². The number of amides is 1. The number of piperazine rings is 1. The Bertz CT molecular complexity index is 705. The summed E-state index contributed by atoms with van der Waals surface area (Å²) in [4.78, 5) is 14.5. The predicted octanol–water partition coefficient (Wildman–Crippen LogP) is 2.62. The van der Waals surface area contributed by atoms with Crippen LogP contribution in [0.4, 0.5) is 4.39 Å². The van der Waals surface area contributed by atoms with Gasteiger partial charge in [0.1, 0.15) is 11.6 Å². The zero-order valence-electron chi connectivity index (χ0n) is 13.0. The van der Waals surface area contributed by atoms with Crippen molar-refractivity contribution in [1.82, 2.24) is 10.2 Å². The molecule has 0 aromatic heterocycles. The number of para-hydroxylation sites is 1. The highest BCUT2D eigenvalue weighted by Crippen LogP contribution is 2.31. The molecule has 1 atom stereocenters. The van der Waals surface area contributed by atoms with Crippen molar-refractivity contribution in [3.63, 3.8) is 0 Å². The molecule has 0 radical (unpaired) electrons. The Hall–Kier alpha value is -2.40. The molecule has 2 aromatic carbocycles. The van der Waals surface area contributed by atoms with Crippen LogP contribution in [0.5, 0.6) is 5.75 Å². The van der Waals surface area contributed by atoms with E-state index in [1.165, 1.54) is 12.1 Å². The number of nitrogens with zero attached hydrogens (tertiary/aromatic N) is 1. The van der Waals surface area contributed by atoms with Crippen LogP contribution >= 0.6 is 0 Å². The molecule has 1 aliphatic heterocycles. The topological polar surface area (TPSA) is 41.6 Å². The molecule has 1 heterocycles. The van der Waals surface area contributed by atoms with Crippen LogP contribution < -0.4 is 10.1 Å². The molecule has 0 unspecified atom stereocenters. The number of carbonyl (C=O) groups is 1. The second-order valence-corrected chi connectivity index (χ2v) is 5.44. The molecule has 0 saturated carbocycles. The predicted molar refractivity (Wildman–Crippen MR) is 86.0 cm³/mol. The first-order valence-electron chi connectivity index (χ1n) is 7.61. The second-order valence-electron chi connectivity index (χ2n) is 5.44. The largest absolute Gasteiger partial charge is 0.496 e. The van der Waals surface area contributed by atoms with Gasteiger partial charge < -0.3 is 15.0 Å². The van der Waals surface area contributed by atoms with Crippen LogP contribution in [0, 0.1) is 5.82 Å². The number of rotatable bonds is 3. The molecule has 1 N–H and O–H groups in total. The fourth-order valence-corrected chi connectivity index (χ4v) is 2.96. The number of halogens is 1. The Morgan fingerprint density at radius 1 is 1.22 bits per heavy atom. The van der Waals surface area contributed by atoms with Gasteiger partial charge in [0.2, 0.25) is 0 Å². The zero-order chi connectivity index (χ0) is 16.2. The molecule has 1 amide bonds. The standard InChI is InChI=1S/C18H19FN2O2/c1-23-17-9-5-3-7-14(17)16-12-20-10-11-21(16)18(22)13-6-2-4-8-15(13)19/h2-9,16,20H,10-12H2,1H3/t16-/m0/s1. The number of ether oxygens (including phenoxy) is 1. The summed E-state index contributed by atoms with van der Waals surface area (Å²) in [5.74, 6) is -0.0529. The van der Waals surface area contributed by atoms with Crippen LogP contribution in [0.15, 0.2) is 48.5 Å². The van der Waals surface area contributed by atoms with E-state index in [4.69, 9.17) is 4.74 Å². The zero-order valence-corrected chi connectivity index (χ0v) is 13.0. The molecule has 23 heavy (non-hydrogen) atoms. The van der Waals surface area contributed by atoms with Crippen molar-refractivity contribution in [3.8, 4) is 5.75 Å². The molecule has 1 saturated heterocycles. The maximum Gasteiger partial charge on any atom is 0.257 e. The third-order valence-electron chi connectivity index (χ3n) is 4.11. The number of methoxy groups -OCH3 is 1. The van der Waals surface area contributed by atoms with Gasteiger partial charge >= 0.3 is 0 Å². The first-order valence-corrected chi connectivity index (χ1v) is 7.61. The van der Waals surface area contributed by atoms with E-state index in [1.807, 2.05) is 24.3 Å². The first kappa shape index (κ1) is 15.5. The number of hydrogen-bond donors (Lipinski definition) is 1. The SMILES string of the molecule is COc1ccccc1[C@@H]1CNCCN1C(=O)c1ccccc1F. The minimum absolute atomic E-state index is 0.106. The Kier molecular flexibility index (Phi) is 4.57. The fourth-order valence-electron chi connectivity index (χ4n) is 2.96. The average molecular weight is 314 g/mol. The maximum atomic E-state index is 14.0. The number of carbonyl (C=O) groups excluding carboxylic acids is 1.